The van der Waals surface area contributed by atoms with Crippen molar-refractivity contribution in [1.29, 1.82) is 5.26 Å². The quantitative estimate of drug-likeness (QED) is 0.342. The number of rotatable bonds is 5. The molecule has 0 aliphatic rings. The van der Waals surface area contributed by atoms with Crippen LogP contribution in [0.1, 0.15) is 15.9 Å². The molecular weight excluding hydrogens is 436 g/mol. The number of nitriles is 1. The molecule has 0 radical (unpaired) electrons. The SMILES string of the molecule is N#Cc1cnn(-c2ccccn2)c1/N=N/c1c(O)c(C(=O)Nc2ncn[nH]2)cc2ccccc12. The number of phenols is 1. The maximum absolute atomic E-state index is 12.8. The Morgan fingerprint density at radius 3 is 2.76 bits per heavy atom. The van der Waals surface area contributed by atoms with Crippen molar-refractivity contribution in [2.75, 3.05) is 5.32 Å². The van der Waals surface area contributed by atoms with Crippen LogP contribution in [0.5, 0.6) is 5.75 Å². The second-order valence-corrected chi connectivity index (χ2v) is 6.92. The van der Waals surface area contributed by atoms with Gasteiger partial charge in [0.2, 0.25) is 5.95 Å². The van der Waals surface area contributed by atoms with Crippen molar-refractivity contribution in [3.8, 4) is 17.6 Å². The van der Waals surface area contributed by atoms with Crippen LogP contribution in [0.15, 0.2) is 77.5 Å². The number of fused-ring (bicyclic) bond motifs is 1. The highest BCUT2D eigenvalue weighted by atomic mass is 16.3. The van der Waals surface area contributed by atoms with Gasteiger partial charge in [0, 0.05) is 11.6 Å². The summed E-state index contributed by atoms with van der Waals surface area (Å²) >= 11 is 0. The van der Waals surface area contributed by atoms with E-state index < -0.39 is 5.91 Å². The molecule has 0 aliphatic heterocycles. The summed E-state index contributed by atoms with van der Waals surface area (Å²) in [5.74, 6) is -0.318. The van der Waals surface area contributed by atoms with Gasteiger partial charge in [-0.05, 0) is 23.6 Å². The van der Waals surface area contributed by atoms with Crippen LogP contribution in [0.3, 0.4) is 0 Å². The Morgan fingerprint density at radius 1 is 1.15 bits per heavy atom. The molecule has 0 unspecified atom stereocenters. The van der Waals surface area contributed by atoms with E-state index in [2.05, 4.69) is 40.8 Å². The lowest BCUT2D eigenvalue weighted by molar-refractivity contribution is 0.102. The zero-order valence-corrected chi connectivity index (χ0v) is 17.3. The minimum absolute atomic E-state index is 0.0391. The van der Waals surface area contributed by atoms with Crippen molar-refractivity contribution in [2.24, 2.45) is 10.2 Å². The van der Waals surface area contributed by atoms with E-state index in [1.54, 1.807) is 48.7 Å². The standard InChI is InChI=1S/C22H14N10O2/c23-10-14-11-27-32(17-7-3-4-8-24-17)20(14)30-29-18-15-6-2-1-5-13(15)9-16(19(18)33)21(34)28-22-25-12-26-31-22/h1-9,11-12,33H,(H2,25,26,28,31,34)/b30-29+. The lowest BCUT2D eigenvalue weighted by Gasteiger charge is -2.10. The fourth-order valence-electron chi connectivity index (χ4n) is 3.29. The van der Waals surface area contributed by atoms with Crippen molar-refractivity contribution in [3.05, 3.63) is 78.4 Å². The van der Waals surface area contributed by atoms with Crippen molar-refractivity contribution in [1.82, 2.24) is 29.9 Å². The van der Waals surface area contributed by atoms with E-state index in [4.69, 9.17) is 0 Å². The number of hydrogen-bond acceptors (Lipinski definition) is 9. The van der Waals surface area contributed by atoms with E-state index >= 15 is 0 Å². The van der Waals surface area contributed by atoms with Gasteiger partial charge in [-0.2, -0.15) is 25.1 Å². The number of nitrogens with one attached hydrogen (secondary N) is 2. The first-order valence-corrected chi connectivity index (χ1v) is 9.88. The van der Waals surface area contributed by atoms with Crippen LogP contribution in [-0.4, -0.2) is 41.0 Å². The molecule has 2 aromatic carbocycles. The molecule has 164 valence electrons. The Bertz CT molecular complexity index is 1570. The van der Waals surface area contributed by atoms with E-state index in [1.807, 2.05) is 6.07 Å². The maximum atomic E-state index is 12.8. The summed E-state index contributed by atoms with van der Waals surface area (Å²) in [7, 11) is 0. The highest BCUT2D eigenvalue weighted by Crippen LogP contribution is 2.40. The first kappa shape index (κ1) is 20.5. The number of carbonyl (C=O) groups excluding carboxylic acids is 1. The molecule has 12 nitrogen and oxygen atoms in total. The molecule has 5 aromatic rings. The number of benzene rings is 2. The zero-order chi connectivity index (χ0) is 23.5. The predicted molar refractivity (Wildman–Crippen MR) is 120 cm³/mol. The fraction of sp³-hybridized carbons (Fsp3) is 0. The van der Waals surface area contributed by atoms with Gasteiger partial charge in [0.05, 0.1) is 11.8 Å². The average molecular weight is 450 g/mol. The number of hydrogen-bond donors (Lipinski definition) is 3. The predicted octanol–water partition coefficient (Wildman–Crippen LogP) is 3.78. The summed E-state index contributed by atoms with van der Waals surface area (Å²) in [6.07, 6.45) is 4.18. The van der Waals surface area contributed by atoms with E-state index in [0.29, 0.717) is 16.6 Å². The summed E-state index contributed by atoms with van der Waals surface area (Å²) in [4.78, 5) is 20.9. The Morgan fingerprint density at radius 2 is 2.00 bits per heavy atom. The lowest BCUT2D eigenvalue weighted by Crippen LogP contribution is -2.13. The third-order valence-electron chi connectivity index (χ3n) is 4.86. The van der Waals surface area contributed by atoms with Crippen LogP contribution in [0.4, 0.5) is 17.5 Å². The van der Waals surface area contributed by atoms with Gasteiger partial charge in [-0.15, -0.1) is 10.2 Å². The highest BCUT2D eigenvalue weighted by Gasteiger charge is 2.20. The van der Waals surface area contributed by atoms with E-state index in [-0.39, 0.29) is 34.3 Å². The number of pyridine rings is 1. The molecule has 3 aromatic heterocycles. The van der Waals surface area contributed by atoms with Gasteiger partial charge in [0.1, 0.15) is 23.6 Å². The number of aromatic nitrogens is 6. The summed E-state index contributed by atoms with van der Waals surface area (Å²) in [5.41, 5.74) is 0.179. The molecule has 0 bridgehead atoms. The topological polar surface area (TPSA) is 170 Å². The minimum atomic E-state index is -0.618. The Hall–Kier alpha value is -5.44. The highest BCUT2D eigenvalue weighted by molar-refractivity contribution is 6.11. The van der Waals surface area contributed by atoms with Gasteiger partial charge in [-0.3, -0.25) is 10.1 Å². The summed E-state index contributed by atoms with van der Waals surface area (Å²) in [6, 6.07) is 15.9. The van der Waals surface area contributed by atoms with Crippen molar-refractivity contribution < 1.29 is 9.90 Å². The first-order chi connectivity index (χ1) is 16.7. The molecule has 0 fully saturated rings. The number of azo groups is 1. The number of carbonyl (C=O) groups is 1. The summed E-state index contributed by atoms with van der Waals surface area (Å²) < 4.78 is 1.36. The molecule has 5 rings (SSSR count). The second-order valence-electron chi connectivity index (χ2n) is 6.92. The van der Waals surface area contributed by atoms with Crippen LogP contribution in [-0.2, 0) is 0 Å². The number of anilines is 1. The van der Waals surface area contributed by atoms with Gasteiger partial charge in [-0.25, -0.2) is 10.1 Å². The number of phenolic OH excluding ortho intramolecular Hbond substituents is 1. The molecule has 3 N–H and O–H groups in total. The van der Waals surface area contributed by atoms with Crippen LogP contribution in [0.2, 0.25) is 0 Å². The third kappa shape index (κ3) is 3.69. The molecule has 0 saturated carbocycles. The molecule has 3 heterocycles. The van der Waals surface area contributed by atoms with Crippen LogP contribution in [0.25, 0.3) is 16.6 Å². The Labute approximate surface area is 191 Å². The van der Waals surface area contributed by atoms with Gasteiger partial charge < -0.3 is 5.11 Å². The number of nitrogens with zero attached hydrogens (tertiary/aromatic N) is 8. The van der Waals surface area contributed by atoms with Crippen LogP contribution < -0.4 is 5.32 Å². The third-order valence-corrected chi connectivity index (χ3v) is 4.86. The largest absolute Gasteiger partial charge is 0.505 e. The molecule has 0 atom stereocenters. The molecule has 1 amide bonds. The van der Waals surface area contributed by atoms with Crippen LogP contribution >= 0.6 is 0 Å². The zero-order valence-electron chi connectivity index (χ0n) is 17.3. The van der Waals surface area contributed by atoms with Crippen molar-refractivity contribution in [3.63, 3.8) is 0 Å². The molecule has 0 spiro atoms. The minimum Gasteiger partial charge on any atom is -0.505 e. The molecule has 34 heavy (non-hydrogen) atoms. The van der Waals surface area contributed by atoms with E-state index in [9.17, 15) is 15.2 Å². The maximum Gasteiger partial charge on any atom is 0.261 e. The normalized spacial score (nSPS) is 11.0. The van der Waals surface area contributed by atoms with Crippen molar-refractivity contribution >= 4 is 34.1 Å². The number of aromatic amines is 1. The number of aromatic hydroxyl groups is 1. The van der Waals surface area contributed by atoms with Crippen molar-refractivity contribution in [2.45, 2.75) is 0 Å². The van der Waals surface area contributed by atoms with Gasteiger partial charge >= 0.3 is 0 Å². The van der Waals surface area contributed by atoms with Gasteiger partial charge in [0.15, 0.2) is 17.4 Å². The van der Waals surface area contributed by atoms with E-state index in [1.165, 1.54) is 23.3 Å². The van der Waals surface area contributed by atoms with E-state index in [0.717, 1.165) is 0 Å². The molecular formula is C22H14N10O2. The monoisotopic (exact) mass is 450 g/mol. The van der Waals surface area contributed by atoms with Gasteiger partial charge in [0.25, 0.3) is 5.91 Å². The van der Waals surface area contributed by atoms with Gasteiger partial charge in [-0.1, -0.05) is 30.3 Å². The Kier molecular flexibility index (Phi) is 5.17. The second kappa shape index (κ2) is 8.60. The molecule has 0 aliphatic carbocycles. The number of amides is 1. The average Bonchev–Trinajstić information content (AvgIpc) is 3.53. The number of H-pyrrole nitrogens is 1. The Balaban J connectivity index is 1.62. The molecule has 0 saturated heterocycles. The summed E-state index contributed by atoms with van der Waals surface area (Å²) in [5, 5.41) is 43.0. The first-order valence-electron chi connectivity index (χ1n) is 9.88. The fourth-order valence-corrected chi connectivity index (χ4v) is 3.29. The van der Waals surface area contributed by atoms with Crippen LogP contribution in [0, 0.1) is 11.3 Å². The lowest BCUT2D eigenvalue weighted by atomic mass is 10.0. The smallest absolute Gasteiger partial charge is 0.261 e. The molecule has 12 heteroatoms. The summed E-state index contributed by atoms with van der Waals surface area (Å²) in [6.45, 7) is 0.